The van der Waals surface area contributed by atoms with Crippen LogP contribution in [0.1, 0.15) is 11.7 Å². The van der Waals surface area contributed by atoms with E-state index in [0.29, 0.717) is 5.56 Å². The Balaban J connectivity index is 2.77. The average Bonchev–Trinajstić information content (AvgIpc) is 2.50. The van der Waals surface area contributed by atoms with Crippen molar-refractivity contribution in [3.8, 4) is 0 Å². The van der Waals surface area contributed by atoms with E-state index in [2.05, 4.69) is 15.3 Å². The minimum Gasteiger partial charge on any atom is -0.394 e. The maximum absolute atomic E-state index is 11.4. The molecule has 10 nitrogen and oxygen atoms in total. The number of nitro groups is 1. The zero-order valence-electron chi connectivity index (χ0n) is 10.8. The predicted molar refractivity (Wildman–Crippen MR) is 71.1 cm³/mol. The summed E-state index contributed by atoms with van der Waals surface area (Å²) < 4.78 is 0. The van der Waals surface area contributed by atoms with Gasteiger partial charge in [-0.3, -0.25) is 14.9 Å². The van der Waals surface area contributed by atoms with Gasteiger partial charge in [0.2, 0.25) is 5.91 Å². The molecule has 112 valence electrons. The third-order valence-corrected chi connectivity index (χ3v) is 2.65. The second-order valence-electron chi connectivity index (χ2n) is 4.04. The van der Waals surface area contributed by atoms with Crippen LogP contribution in [0.3, 0.4) is 0 Å². The molecule has 0 aromatic heterocycles. The first-order valence-electron chi connectivity index (χ1n) is 5.83. The number of amides is 1. The maximum Gasteiger partial charge on any atom is 0.269 e. The summed E-state index contributed by atoms with van der Waals surface area (Å²) in [6.07, 6.45) is -1.26. The van der Waals surface area contributed by atoms with Crippen molar-refractivity contribution >= 4 is 11.6 Å². The molecular weight excluding hydrogens is 282 g/mol. The van der Waals surface area contributed by atoms with E-state index in [1.807, 2.05) is 0 Å². The molecule has 0 aliphatic carbocycles. The van der Waals surface area contributed by atoms with E-state index in [1.54, 1.807) is 0 Å². The Morgan fingerprint density at radius 1 is 1.48 bits per heavy atom. The van der Waals surface area contributed by atoms with Crippen LogP contribution in [-0.4, -0.2) is 40.2 Å². The fourth-order valence-corrected chi connectivity index (χ4v) is 1.60. The monoisotopic (exact) mass is 295 g/mol. The van der Waals surface area contributed by atoms with Crippen LogP contribution >= 0.6 is 0 Å². The minimum atomic E-state index is -1.26. The highest BCUT2D eigenvalue weighted by atomic mass is 16.6. The molecule has 1 aromatic carbocycles. The third-order valence-electron chi connectivity index (χ3n) is 2.65. The van der Waals surface area contributed by atoms with E-state index in [-0.39, 0.29) is 5.69 Å². The quantitative estimate of drug-likeness (QED) is 0.218. The number of nitrogens with zero attached hydrogens (tertiary/aromatic N) is 4. The minimum absolute atomic E-state index is 0.140. The summed E-state index contributed by atoms with van der Waals surface area (Å²) in [7, 11) is 0. The van der Waals surface area contributed by atoms with Gasteiger partial charge in [0.1, 0.15) is 12.6 Å². The van der Waals surface area contributed by atoms with Crippen molar-refractivity contribution in [2.75, 3.05) is 13.2 Å². The molecule has 1 rings (SSSR count). The Hall–Kier alpha value is -2.68. The molecule has 0 saturated heterocycles. The Bertz CT molecular complexity index is 555. The summed E-state index contributed by atoms with van der Waals surface area (Å²) in [5, 5.41) is 35.1. The first-order chi connectivity index (χ1) is 9.99. The number of nitro benzene ring substituents is 1. The van der Waals surface area contributed by atoms with Gasteiger partial charge in [0.05, 0.1) is 17.6 Å². The SMILES string of the molecule is [N-]=[N+]=NCC(=O)N[C@@H](CO)[C@@H](O)c1ccc([N+](=O)[O-])cc1. The highest BCUT2D eigenvalue weighted by molar-refractivity contribution is 5.78. The van der Waals surface area contributed by atoms with E-state index in [1.165, 1.54) is 24.3 Å². The number of benzene rings is 1. The number of aliphatic hydroxyl groups is 2. The van der Waals surface area contributed by atoms with E-state index in [9.17, 15) is 25.1 Å². The van der Waals surface area contributed by atoms with Crippen LogP contribution in [0.25, 0.3) is 10.4 Å². The van der Waals surface area contributed by atoms with Crippen LogP contribution in [0, 0.1) is 10.1 Å². The Labute approximate surface area is 118 Å². The van der Waals surface area contributed by atoms with Crippen LogP contribution in [-0.2, 0) is 4.79 Å². The lowest BCUT2D eigenvalue weighted by atomic mass is 10.0. The van der Waals surface area contributed by atoms with Crippen molar-refractivity contribution in [1.29, 1.82) is 0 Å². The molecule has 1 aromatic rings. The maximum atomic E-state index is 11.4. The smallest absolute Gasteiger partial charge is 0.269 e. The molecule has 0 saturated carbocycles. The largest absolute Gasteiger partial charge is 0.394 e. The molecule has 3 N–H and O–H groups in total. The topological polar surface area (TPSA) is 161 Å². The molecule has 0 heterocycles. The van der Waals surface area contributed by atoms with Gasteiger partial charge >= 0.3 is 0 Å². The fourth-order valence-electron chi connectivity index (χ4n) is 1.60. The van der Waals surface area contributed by atoms with Crippen LogP contribution < -0.4 is 5.32 Å². The Morgan fingerprint density at radius 2 is 2.10 bits per heavy atom. The number of carbonyl (C=O) groups is 1. The standard InChI is InChI=1S/C11H13N5O5/c12-15-13-5-10(18)14-9(6-17)11(19)7-1-3-8(4-2-7)16(20)21/h1-4,9,11,17,19H,5-6H2,(H,14,18)/t9-,11-/m0/s1. The molecule has 0 unspecified atom stereocenters. The van der Waals surface area contributed by atoms with E-state index < -0.39 is 36.1 Å². The van der Waals surface area contributed by atoms with Crippen molar-refractivity contribution in [2.45, 2.75) is 12.1 Å². The number of rotatable bonds is 7. The zero-order chi connectivity index (χ0) is 15.8. The van der Waals surface area contributed by atoms with Gasteiger partial charge in [-0.05, 0) is 23.2 Å². The molecule has 21 heavy (non-hydrogen) atoms. The average molecular weight is 295 g/mol. The molecule has 0 aliphatic heterocycles. The van der Waals surface area contributed by atoms with Gasteiger partial charge in [-0.15, -0.1) is 0 Å². The molecule has 1 amide bonds. The molecule has 0 bridgehead atoms. The lowest BCUT2D eigenvalue weighted by Crippen LogP contribution is -2.42. The van der Waals surface area contributed by atoms with E-state index >= 15 is 0 Å². The molecule has 0 fully saturated rings. The third kappa shape index (κ3) is 4.73. The summed E-state index contributed by atoms with van der Waals surface area (Å²) in [5.74, 6) is -0.659. The van der Waals surface area contributed by atoms with Crippen LogP contribution in [0.4, 0.5) is 5.69 Å². The number of nitrogens with one attached hydrogen (secondary N) is 1. The highest BCUT2D eigenvalue weighted by Gasteiger charge is 2.22. The van der Waals surface area contributed by atoms with Gasteiger partial charge in [0.15, 0.2) is 0 Å². The van der Waals surface area contributed by atoms with Gasteiger partial charge in [0.25, 0.3) is 5.69 Å². The van der Waals surface area contributed by atoms with E-state index in [0.717, 1.165) is 0 Å². The Kier molecular flexibility index (Phi) is 6.08. The van der Waals surface area contributed by atoms with E-state index in [4.69, 9.17) is 5.53 Å². The van der Waals surface area contributed by atoms with Crippen molar-refractivity contribution in [1.82, 2.24) is 5.32 Å². The number of carbonyl (C=O) groups excluding carboxylic acids is 1. The summed E-state index contributed by atoms with van der Waals surface area (Å²) >= 11 is 0. The number of non-ortho nitro benzene ring substituents is 1. The van der Waals surface area contributed by atoms with Gasteiger partial charge in [-0.2, -0.15) is 0 Å². The summed E-state index contributed by atoms with van der Waals surface area (Å²) in [4.78, 5) is 23.7. The van der Waals surface area contributed by atoms with Gasteiger partial charge < -0.3 is 15.5 Å². The van der Waals surface area contributed by atoms with Crippen molar-refractivity contribution in [3.63, 3.8) is 0 Å². The number of hydrogen-bond donors (Lipinski definition) is 3. The summed E-state index contributed by atoms with van der Waals surface area (Å²) in [6, 6.07) is 4.03. The zero-order valence-corrected chi connectivity index (χ0v) is 10.8. The lowest BCUT2D eigenvalue weighted by molar-refractivity contribution is -0.384. The van der Waals surface area contributed by atoms with Gasteiger partial charge in [0, 0.05) is 17.0 Å². The van der Waals surface area contributed by atoms with Gasteiger partial charge in [-0.25, -0.2) is 0 Å². The number of aliphatic hydroxyl groups excluding tert-OH is 2. The molecular formula is C11H13N5O5. The molecule has 0 spiro atoms. The molecule has 10 heteroatoms. The molecule has 0 radical (unpaired) electrons. The lowest BCUT2D eigenvalue weighted by Gasteiger charge is -2.22. The molecule has 2 atom stereocenters. The van der Waals surface area contributed by atoms with Crippen molar-refractivity contribution in [3.05, 3.63) is 50.4 Å². The number of azide groups is 1. The Morgan fingerprint density at radius 3 is 2.57 bits per heavy atom. The second kappa shape index (κ2) is 7.80. The van der Waals surface area contributed by atoms with Crippen LogP contribution in [0.2, 0.25) is 0 Å². The van der Waals surface area contributed by atoms with Crippen LogP contribution in [0.5, 0.6) is 0 Å². The summed E-state index contributed by atoms with van der Waals surface area (Å²) in [5.41, 5.74) is 8.24. The second-order valence-corrected chi connectivity index (χ2v) is 4.04. The van der Waals surface area contributed by atoms with Gasteiger partial charge in [-0.1, -0.05) is 5.11 Å². The fraction of sp³-hybridized carbons (Fsp3) is 0.364. The van der Waals surface area contributed by atoms with Crippen molar-refractivity contribution in [2.24, 2.45) is 5.11 Å². The highest BCUT2D eigenvalue weighted by Crippen LogP contribution is 2.20. The molecule has 0 aliphatic rings. The normalized spacial score (nSPS) is 12.9. The summed E-state index contributed by atoms with van der Waals surface area (Å²) in [6.45, 7) is -1.01. The first-order valence-corrected chi connectivity index (χ1v) is 5.83. The predicted octanol–water partition coefficient (Wildman–Crippen LogP) is 0.416. The van der Waals surface area contributed by atoms with Crippen LogP contribution in [0.15, 0.2) is 29.4 Å². The van der Waals surface area contributed by atoms with Crippen molar-refractivity contribution < 1.29 is 19.9 Å². The number of hydrogen-bond acceptors (Lipinski definition) is 6. The first kappa shape index (κ1) is 16.4.